The number of benzene rings is 2. The van der Waals surface area contributed by atoms with E-state index >= 15 is 0 Å². The number of hydrogen-bond acceptors (Lipinski definition) is 4. The summed E-state index contributed by atoms with van der Waals surface area (Å²) in [5.74, 6) is 0. The van der Waals surface area contributed by atoms with Crippen LogP contribution in [0.25, 0.3) is 0 Å². The average Bonchev–Trinajstić information content (AvgIpc) is 2.70. The van der Waals surface area contributed by atoms with Crippen molar-refractivity contribution in [3.05, 3.63) is 60.7 Å². The van der Waals surface area contributed by atoms with Crippen LogP contribution in [0.2, 0.25) is 5.04 Å². The van der Waals surface area contributed by atoms with Gasteiger partial charge in [0.1, 0.15) is 0 Å². The van der Waals surface area contributed by atoms with Crippen molar-refractivity contribution in [2.75, 3.05) is 19.8 Å². The molecule has 4 nitrogen and oxygen atoms in total. The summed E-state index contributed by atoms with van der Waals surface area (Å²) >= 11 is 0. The molecular formula is C21H30O4Si. The lowest BCUT2D eigenvalue weighted by Crippen LogP contribution is -2.65. The molecule has 0 saturated heterocycles. The SMILES string of the molecule is CC(C)(CCC(CO)(CO)CO)[Si](O)(c1ccccc1)c1ccccc1. The Morgan fingerprint density at radius 1 is 0.692 bits per heavy atom. The van der Waals surface area contributed by atoms with Gasteiger partial charge in [0.25, 0.3) is 8.32 Å². The molecule has 142 valence electrons. The van der Waals surface area contributed by atoms with Gasteiger partial charge in [-0.1, -0.05) is 74.5 Å². The van der Waals surface area contributed by atoms with E-state index in [-0.39, 0.29) is 19.8 Å². The van der Waals surface area contributed by atoms with Crippen LogP contribution in [-0.4, -0.2) is 48.3 Å². The van der Waals surface area contributed by atoms with Crippen molar-refractivity contribution in [2.24, 2.45) is 5.41 Å². The third-order valence-electron chi connectivity index (χ3n) is 5.65. The lowest BCUT2D eigenvalue weighted by molar-refractivity contribution is -0.00389. The third kappa shape index (κ3) is 3.92. The minimum absolute atomic E-state index is 0.285. The second-order valence-corrected chi connectivity index (χ2v) is 11.7. The van der Waals surface area contributed by atoms with Crippen LogP contribution >= 0.6 is 0 Å². The zero-order valence-corrected chi connectivity index (χ0v) is 16.6. The highest BCUT2D eigenvalue weighted by Crippen LogP contribution is 2.42. The van der Waals surface area contributed by atoms with Crippen LogP contribution in [0.4, 0.5) is 0 Å². The smallest absolute Gasteiger partial charge is 0.258 e. The summed E-state index contributed by atoms with van der Waals surface area (Å²) in [4.78, 5) is 12.0. The molecule has 0 radical (unpaired) electrons. The standard InChI is InChI=1S/C21H30O4Si/c1-20(2,13-14-21(15-22,16-23)17-24)26(25,18-9-5-3-6-10-18)19-11-7-4-8-12-19/h3-12,22-25H,13-17H2,1-2H3. The quantitative estimate of drug-likeness (QED) is 0.498. The number of rotatable bonds is 9. The van der Waals surface area contributed by atoms with Crippen molar-refractivity contribution in [1.82, 2.24) is 0 Å². The molecule has 0 atom stereocenters. The largest absolute Gasteiger partial charge is 0.424 e. The van der Waals surface area contributed by atoms with E-state index in [0.29, 0.717) is 12.8 Å². The highest BCUT2D eigenvalue weighted by Gasteiger charge is 2.50. The van der Waals surface area contributed by atoms with Crippen molar-refractivity contribution in [3.8, 4) is 0 Å². The normalized spacial score (nSPS) is 13.0. The third-order valence-corrected chi connectivity index (χ3v) is 10.2. The maximum atomic E-state index is 12.0. The molecule has 0 fully saturated rings. The molecule has 2 rings (SSSR count). The Balaban J connectivity index is 2.45. The molecule has 4 N–H and O–H groups in total. The molecule has 0 heterocycles. The van der Waals surface area contributed by atoms with Crippen LogP contribution in [0.1, 0.15) is 26.7 Å². The van der Waals surface area contributed by atoms with Gasteiger partial charge >= 0.3 is 0 Å². The molecular weight excluding hydrogens is 344 g/mol. The summed E-state index contributed by atoms with van der Waals surface area (Å²) in [5.41, 5.74) is -0.931. The topological polar surface area (TPSA) is 80.9 Å². The summed E-state index contributed by atoms with van der Waals surface area (Å²) in [6.07, 6.45) is 1.000. The van der Waals surface area contributed by atoms with Gasteiger partial charge in [0.2, 0.25) is 0 Å². The molecule has 0 aliphatic heterocycles. The van der Waals surface area contributed by atoms with Crippen LogP contribution in [0.5, 0.6) is 0 Å². The van der Waals surface area contributed by atoms with Crippen LogP contribution < -0.4 is 10.4 Å². The lowest BCUT2D eigenvalue weighted by Gasteiger charge is -2.43. The van der Waals surface area contributed by atoms with E-state index in [1.165, 1.54) is 0 Å². The van der Waals surface area contributed by atoms with Gasteiger partial charge in [-0.3, -0.25) is 0 Å². The molecule has 0 amide bonds. The monoisotopic (exact) mass is 374 g/mol. The number of aliphatic hydroxyl groups is 3. The lowest BCUT2D eigenvalue weighted by atomic mass is 9.83. The molecule has 0 unspecified atom stereocenters. The summed E-state index contributed by atoms with van der Waals surface area (Å²) in [6.45, 7) is 3.22. The highest BCUT2D eigenvalue weighted by atomic mass is 28.4. The van der Waals surface area contributed by atoms with Crippen LogP contribution in [0, 0.1) is 5.41 Å². The molecule has 0 saturated carbocycles. The maximum absolute atomic E-state index is 12.0. The first-order valence-corrected chi connectivity index (χ1v) is 11.0. The minimum Gasteiger partial charge on any atom is -0.424 e. The van der Waals surface area contributed by atoms with Crippen molar-refractivity contribution in [2.45, 2.75) is 31.7 Å². The van der Waals surface area contributed by atoms with E-state index in [9.17, 15) is 20.1 Å². The van der Waals surface area contributed by atoms with Crippen molar-refractivity contribution in [1.29, 1.82) is 0 Å². The van der Waals surface area contributed by atoms with Crippen molar-refractivity contribution in [3.63, 3.8) is 0 Å². The molecule has 0 bridgehead atoms. The Morgan fingerprint density at radius 3 is 1.42 bits per heavy atom. The Bertz CT molecular complexity index is 621. The minimum atomic E-state index is -3.11. The van der Waals surface area contributed by atoms with E-state index in [2.05, 4.69) is 0 Å². The first kappa shape index (κ1) is 20.8. The molecule has 2 aromatic rings. The molecule has 2 aromatic carbocycles. The van der Waals surface area contributed by atoms with Gasteiger partial charge in [0, 0.05) is 5.41 Å². The Kier molecular flexibility index (Phi) is 6.77. The second-order valence-electron chi connectivity index (χ2n) is 7.80. The van der Waals surface area contributed by atoms with Crippen LogP contribution in [-0.2, 0) is 0 Å². The zero-order chi connectivity index (χ0) is 19.3. The summed E-state index contributed by atoms with van der Waals surface area (Å²) < 4.78 is 0. The van der Waals surface area contributed by atoms with Gasteiger partial charge in [-0.15, -0.1) is 0 Å². The van der Waals surface area contributed by atoms with Gasteiger partial charge in [0.05, 0.1) is 19.8 Å². The Morgan fingerprint density at radius 2 is 1.08 bits per heavy atom. The maximum Gasteiger partial charge on any atom is 0.258 e. The fourth-order valence-corrected chi connectivity index (χ4v) is 7.19. The van der Waals surface area contributed by atoms with Gasteiger partial charge < -0.3 is 20.1 Å². The summed E-state index contributed by atoms with van der Waals surface area (Å²) in [7, 11) is -3.11. The zero-order valence-electron chi connectivity index (χ0n) is 15.6. The Labute approximate surface area is 156 Å². The van der Waals surface area contributed by atoms with Crippen molar-refractivity contribution < 1.29 is 20.1 Å². The fourth-order valence-electron chi connectivity index (χ4n) is 3.45. The Hall–Kier alpha value is -1.50. The van der Waals surface area contributed by atoms with E-state index in [1.807, 2.05) is 74.5 Å². The van der Waals surface area contributed by atoms with E-state index in [4.69, 9.17) is 0 Å². The summed E-state index contributed by atoms with van der Waals surface area (Å²) in [5, 5.41) is 30.3. The number of hydrogen-bond donors (Lipinski definition) is 4. The predicted octanol–water partition coefficient (Wildman–Crippen LogP) is 1.26. The highest BCUT2D eigenvalue weighted by molar-refractivity contribution is 6.98. The second kappa shape index (κ2) is 8.46. The van der Waals surface area contributed by atoms with Gasteiger partial charge in [-0.25, -0.2) is 0 Å². The predicted molar refractivity (Wildman–Crippen MR) is 107 cm³/mol. The molecule has 5 heteroatoms. The molecule has 0 aliphatic rings. The van der Waals surface area contributed by atoms with Gasteiger partial charge in [-0.05, 0) is 28.3 Å². The van der Waals surface area contributed by atoms with Gasteiger partial charge in [0.15, 0.2) is 0 Å². The molecule has 0 aromatic heterocycles. The van der Waals surface area contributed by atoms with E-state index in [1.54, 1.807) is 0 Å². The molecule has 0 spiro atoms. The van der Waals surface area contributed by atoms with Crippen LogP contribution in [0.15, 0.2) is 60.7 Å². The van der Waals surface area contributed by atoms with Gasteiger partial charge in [-0.2, -0.15) is 0 Å². The summed E-state index contributed by atoms with van der Waals surface area (Å²) in [6, 6.07) is 19.5. The van der Waals surface area contributed by atoms with E-state index < -0.39 is 18.8 Å². The first-order valence-electron chi connectivity index (χ1n) is 9.01. The van der Waals surface area contributed by atoms with Crippen molar-refractivity contribution >= 4 is 18.7 Å². The van der Waals surface area contributed by atoms with Crippen LogP contribution in [0.3, 0.4) is 0 Å². The average molecular weight is 375 g/mol. The number of aliphatic hydroxyl groups excluding tert-OH is 3. The fraction of sp³-hybridized carbons (Fsp3) is 0.429. The molecule has 26 heavy (non-hydrogen) atoms. The molecule has 0 aliphatic carbocycles. The first-order chi connectivity index (χ1) is 12.3. The van der Waals surface area contributed by atoms with E-state index in [0.717, 1.165) is 10.4 Å².